The second-order valence-corrected chi connectivity index (χ2v) is 4.33. The first-order chi connectivity index (χ1) is 10.4. The van der Waals surface area contributed by atoms with Crippen LogP contribution in [0.3, 0.4) is 0 Å². The average Bonchev–Trinajstić information content (AvgIpc) is 2.08. The van der Waals surface area contributed by atoms with Crippen LogP contribution in [0.25, 0.3) is 0 Å². The molecule has 0 saturated heterocycles. The maximum atomic E-state index is 9.04. The fourth-order valence-electron chi connectivity index (χ4n) is 0. The molecular weight excluding hydrogens is 540 g/mol. The van der Waals surface area contributed by atoms with Crippen LogP contribution in [0.5, 0.6) is 0 Å². The standard InChI is InChI=1S/6CH3NOS.Mo/c6*2-1(3)4;/h6*(H3,2,3,4);/q;;;;;;+6/p-6. The Labute approximate surface area is 189 Å². The smallest absolute Gasteiger partial charge is 0.852 e. The zero-order valence-electron chi connectivity index (χ0n) is 11.8. The third kappa shape index (κ3) is 7210. The van der Waals surface area contributed by atoms with Gasteiger partial charge in [0.15, 0.2) is 0 Å². The van der Waals surface area contributed by atoms with E-state index in [2.05, 4.69) is 108 Å². The summed E-state index contributed by atoms with van der Waals surface area (Å²) in [5.74, 6) is 0. The summed E-state index contributed by atoms with van der Waals surface area (Å²) in [7, 11) is 0. The van der Waals surface area contributed by atoms with Crippen LogP contribution in [0, 0.1) is 0 Å². The Kier molecular flexibility index (Phi) is 67.4. The van der Waals surface area contributed by atoms with E-state index in [1.165, 1.54) is 0 Å². The van der Waals surface area contributed by atoms with Crippen LogP contribution >= 0.6 is 73.3 Å². The molecule has 0 amide bonds. The van der Waals surface area contributed by atoms with Crippen LogP contribution < -0.4 is 65.0 Å². The fourth-order valence-corrected chi connectivity index (χ4v) is 0. The van der Waals surface area contributed by atoms with Gasteiger partial charge in [0, 0.05) is 31.0 Å². The Hall–Kier alpha value is -1.17. The van der Waals surface area contributed by atoms with Gasteiger partial charge in [0.05, 0.1) is 0 Å². The number of thiocarbonyl (C=S) groups is 6. The third-order valence-electron chi connectivity index (χ3n) is 0. The van der Waals surface area contributed by atoms with Crippen molar-refractivity contribution in [2.45, 2.75) is 0 Å². The first-order valence-corrected chi connectivity index (χ1v) is 6.63. The molecule has 0 aliphatic heterocycles. The molecule has 0 fully saturated rings. The van der Waals surface area contributed by atoms with Gasteiger partial charge in [-0.15, -0.1) is 0 Å². The first kappa shape index (κ1) is 43.8. The molecule has 25 heavy (non-hydrogen) atoms. The van der Waals surface area contributed by atoms with E-state index in [0.717, 1.165) is 0 Å². The minimum Gasteiger partial charge on any atom is -0.852 e. The van der Waals surface area contributed by atoms with Crippen molar-refractivity contribution >= 4 is 104 Å². The predicted octanol–water partition coefficient (Wildman–Crippen LogP) is -8.46. The summed E-state index contributed by atoms with van der Waals surface area (Å²) in [6, 6.07) is 0. The molecule has 0 heterocycles. The molecule has 19 heteroatoms. The van der Waals surface area contributed by atoms with E-state index in [1.54, 1.807) is 0 Å². The van der Waals surface area contributed by atoms with Crippen LogP contribution in [-0.4, -0.2) is 31.0 Å². The van der Waals surface area contributed by atoms with Gasteiger partial charge in [0.2, 0.25) is 0 Å². The molecule has 0 aliphatic carbocycles. The van der Waals surface area contributed by atoms with Crippen molar-refractivity contribution in [2.75, 3.05) is 0 Å². The Bertz CT molecular complexity index is 285. The summed E-state index contributed by atoms with van der Waals surface area (Å²) >= 11 is 22.6. The van der Waals surface area contributed by atoms with Crippen molar-refractivity contribution in [3.63, 3.8) is 0 Å². The third-order valence-corrected chi connectivity index (χ3v) is 0. The molecule has 0 bridgehead atoms. The number of nitrogens with two attached hydrogens (primary N) is 6. The summed E-state index contributed by atoms with van der Waals surface area (Å²) < 4.78 is 0. The largest absolute Gasteiger partial charge is 6.00 e. The Morgan fingerprint density at radius 1 is 0.360 bits per heavy atom. The molecule has 0 spiro atoms. The van der Waals surface area contributed by atoms with Crippen LogP contribution in [-0.2, 0) is 21.1 Å². The minimum atomic E-state index is -0.750. The molecule has 12 N–H and O–H groups in total. The maximum absolute atomic E-state index is 9.04. The number of hydrogen-bond donors (Lipinski definition) is 6. The summed E-state index contributed by atoms with van der Waals surface area (Å²) in [4.78, 5) is 0. The normalized spacial score (nSPS) is 5.76. The minimum absolute atomic E-state index is 0. The van der Waals surface area contributed by atoms with Gasteiger partial charge in [-0.25, -0.2) is 0 Å². The molecule has 12 nitrogen and oxygen atoms in total. The van der Waals surface area contributed by atoms with Crippen molar-refractivity contribution in [1.82, 2.24) is 0 Å². The molecule has 0 atom stereocenters. The molecular formula is C6H12MoN6O6S6. The summed E-state index contributed by atoms with van der Waals surface area (Å²) in [5, 5.41) is 49.7. The fraction of sp³-hybridized carbons (Fsp3) is 0. The van der Waals surface area contributed by atoms with E-state index in [9.17, 15) is 0 Å². The summed E-state index contributed by atoms with van der Waals surface area (Å²) in [6.07, 6.45) is 0. The van der Waals surface area contributed by atoms with Crippen LogP contribution in [0.1, 0.15) is 0 Å². The topological polar surface area (TPSA) is 294 Å². The van der Waals surface area contributed by atoms with Gasteiger partial charge in [-0.05, 0) is 0 Å². The van der Waals surface area contributed by atoms with Gasteiger partial charge in [-0.2, -0.15) is 0 Å². The van der Waals surface area contributed by atoms with Gasteiger partial charge >= 0.3 is 21.1 Å². The number of hydrogen-bond acceptors (Lipinski definition) is 12. The molecule has 144 valence electrons. The number of rotatable bonds is 0. The van der Waals surface area contributed by atoms with Gasteiger partial charge in [-0.1, -0.05) is 73.3 Å². The van der Waals surface area contributed by atoms with Crippen LogP contribution in [0.15, 0.2) is 0 Å². The average molecular weight is 553 g/mol. The van der Waals surface area contributed by atoms with Crippen molar-refractivity contribution < 1.29 is 51.7 Å². The Morgan fingerprint density at radius 3 is 0.360 bits per heavy atom. The van der Waals surface area contributed by atoms with Gasteiger partial charge in [0.1, 0.15) is 0 Å². The van der Waals surface area contributed by atoms with Crippen molar-refractivity contribution in [3.8, 4) is 0 Å². The molecule has 0 aliphatic rings. The van der Waals surface area contributed by atoms with Crippen molar-refractivity contribution in [2.24, 2.45) is 34.4 Å². The zero-order chi connectivity index (χ0) is 21.5. The van der Waals surface area contributed by atoms with Gasteiger partial charge in [0.25, 0.3) is 0 Å². The molecule has 0 aromatic heterocycles. The quantitative estimate of drug-likeness (QED) is 0.120. The zero-order valence-corrected chi connectivity index (χ0v) is 18.7. The van der Waals surface area contributed by atoms with E-state index in [1.807, 2.05) is 0 Å². The second-order valence-electron chi connectivity index (χ2n) is 1.91. The van der Waals surface area contributed by atoms with Crippen LogP contribution in [0.2, 0.25) is 0 Å². The van der Waals surface area contributed by atoms with Crippen LogP contribution in [0.4, 0.5) is 0 Å². The Balaban J connectivity index is -0.0000000309. The van der Waals surface area contributed by atoms with Crippen molar-refractivity contribution in [1.29, 1.82) is 0 Å². The molecule has 0 aromatic carbocycles. The molecule has 0 unspecified atom stereocenters. The Morgan fingerprint density at radius 2 is 0.360 bits per heavy atom. The van der Waals surface area contributed by atoms with E-state index >= 15 is 0 Å². The van der Waals surface area contributed by atoms with E-state index in [4.69, 9.17) is 30.6 Å². The van der Waals surface area contributed by atoms with Crippen molar-refractivity contribution in [3.05, 3.63) is 0 Å². The van der Waals surface area contributed by atoms with E-state index in [-0.39, 0.29) is 21.1 Å². The summed E-state index contributed by atoms with van der Waals surface area (Å²) in [6.45, 7) is 0. The first-order valence-electron chi connectivity index (χ1n) is 4.18. The van der Waals surface area contributed by atoms with Gasteiger partial charge < -0.3 is 65.0 Å². The molecule has 0 radical (unpaired) electrons. The van der Waals surface area contributed by atoms with E-state index in [0.29, 0.717) is 0 Å². The van der Waals surface area contributed by atoms with E-state index < -0.39 is 31.0 Å². The summed E-state index contributed by atoms with van der Waals surface area (Å²) in [5.41, 5.74) is 25.7. The predicted molar refractivity (Wildman–Crippen MR) is 101 cm³/mol. The SMILES string of the molecule is NC([O-])=S.NC([O-])=S.NC([O-])=S.NC([O-])=S.NC([O-])=S.NC([O-])=S.[Mo+6]. The maximum Gasteiger partial charge on any atom is 6.00 e. The second kappa shape index (κ2) is 38.4. The molecule has 0 saturated carbocycles. The molecule has 0 aromatic rings. The van der Waals surface area contributed by atoms with Gasteiger partial charge in [-0.3, -0.25) is 0 Å². The molecule has 0 rings (SSSR count). The monoisotopic (exact) mass is 554 g/mol.